The molecule has 0 bridgehead atoms. The fraction of sp³-hybridized carbons (Fsp3) is 0.190. The van der Waals surface area contributed by atoms with E-state index in [0.29, 0.717) is 44.7 Å². The molecule has 0 aliphatic carbocycles. The standard InChI is InChI=1S/C21H18ClN3O4S/c1-26-16-9-13(10-17(27-2)19(16)28-3)20-24-25-21(29-20)30-11-12-6-7-15(22)14-5-4-8-23-18(12)14/h4-10H,11H2,1-3H3. The Morgan fingerprint density at radius 3 is 2.47 bits per heavy atom. The van der Waals surface area contributed by atoms with E-state index in [1.54, 1.807) is 39.7 Å². The Labute approximate surface area is 182 Å². The third-order valence-corrected chi connectivity index (χ3v) is 5.67. The van der Waals surface area contributed by atoms with E-state index in [4.69, 9.17) is 30.2 Å². The number of fused-ring (bicyclic) bond motifs is 1. The Hall–Kier alpha value is -2.97. The summed E-state index contributed by atoms with van der Waals surface area (Å²) in [7, 11) is 4.66. The molecule has 30 heavy (non-hydrogen) atoms. The SMILES string of the molecule is COc1cc(-c2nnc(SCc3ccc(Cl)c4cccnc34)o2)cc(OC)c1OC. The number of methoxy groups -OCH3 is 3. The first-order valence-electron chi connectivity index (χ1n) is 8.93. The first-order valence-corrected chi connectivity index (χ1v) is 10.3. The number of thioether (sulfide) groups is 1. The van der Waals surface area contributed by atoms with Crippen LogP contribution in [0.2, 0.25) is 5.02 Å². The zero-order valence-corrected chi connectivity index (χ0v) is 18.1. The molecule has 0 radical (unpaired) electrons. The second-order valence-corrected chi connectivity index (χ2v) is 7.52. The van der Waals surface area contributed by atoms with Crippen molar-refractivity contribution >= 4 is 34.3 Å². The van der Waals surface area contributed by atoms with Crippen LogP contribution in [0.3, 0.4) is 0 Å². The van der Waals surface area contributed by atoms with Gasteiger partial charge in [-0.3, -0.25) is 4.98 Å². The van der Waals surface area contributed by atoms with Crippen LogP contribution >= 0.6 is 23.4 Å². The molecule has 2 aromatic carbocycles. The summed E-state index contributed by atoms with van der Waals surface area (Å²) in [6.45, 7) is 0. The summed E-state index contributed by atoms with van der Waals surface area (Å²) < 4.78 is 22.0. The molecule has 0 saturated heterocycles. The van der Waals surface area contributed by atoms with Gasteiger partial charge in [-0.05, 0) is 35.9 Å². The molecule has 2 aromatic heterocycles. The first kappa shape index (κ1) is 20.3. The minimum Gasteiger partial charge on any atom is -0.493 e. The average Bonchev–Trinajstić information content (AvgIpc) is 3.27. The molecule has 0 N–H and O–H groups in total. The van der Waals surface area contributed by atoms with Gasteiger partial charge in [0, 0.05) is 27.9 Å². The lowest BCUT2D eigenvalue weighted by atomic mass is 10.1. The highest BCUT2D eigenvalue weighted by atomic mass is 35.5. The van der Waals surface area contributed by atoms with Gasteiger partial charge >= 0.3 is 0 Å². The van der Waals surface area contributed by atoms with Gasteiger partial charge in [0.25, 0.3) is 5.22 Å². The van der Waals surface area contributed by atoms with E-state index < -0.39 is 0 Å². The van der Waals surface area contributed by atoms with Gasteiger partial charge in [0.1, 0.15) is 0 Å². The van der Waals surface area contributed by atoms with Crippen LogP contribution in [0.5, 0.6) is 17.2 Å². The number of halogens is 1. The summed E-state index contributed by atoms with van der Waals surface area (Å²) in [6.07, 6.45) is 1.75. The molecule has 0 spiro atoms. The van der Waals surface area contributed by atoms with Crippen molar-refractivity contribution in [2.24, 2.45) is 0 Å². The molecular weight excluding hydrogens is 426 g/mol. The van der Waals surface area contributed by atoms with Crippen LogP contribution in [0.25, 0.3) is 22.4 Å². The Balaban J connectivity index is 1.58. The van der Waals surface area contributed by atoms with Gasteiger partial charge < -0.3 is 18.6 Å². The van der Waals surface area contributed by atoms with Crippen molar-refractivity contribution in [1.82, 2.24) is 15.2 Å². The van der Waals surface area contributed by atoms with Crippen molar-refractivity contribution in [2.45, 2.75) is 11.0 Å². The third-order valence-electron chi connectivity index (χ3n) is 4.47. The van der Waals surface area contributed by atoms with Gasteiger partial charge in [-0.2, -0.15) is 0 Å². The van der Waals surface area contributed by atoms with Crippen LogP contribution < -0.4 is 14.2 Å². The molecule has 0 aliphatic heterocycles. The lowest BCUT2D eigenvalue weighted by Gasteiger charge is -2.12. The average molecular weight is 444 g/mol. The lowest BCUT2D eigenvalue weighted by Crippen LogP contribution is -1.95. The van der Waals surface area contributed by atoms with E-state index in [-0.39, 0.29) is 0 Å². The normalized spacial score (nSPS) is 10.9. The summed E-state index contributed by atoms with van der Waals surface area (Å²) in [5.74, 6) is 2.49. The molecule has 2 heterocycles. The highest BCUT2D eigenvalue weighted by Gasteiger charge is 2.18. The van der Waals surface area contributed by atoms with Gasteiger partial charge in [0.2, 0.25) is 11.6 Å². The third kappa shape index (κ3) is 3.88. The minimum atomic E-state index is 0.357. The molecule has 9 heteroatoms. The van der Waals surface area contributed by atoms with Crippen molar-refractivity contribution in [1.29, 1.82) is 0 Å². The predicted octanol–water partition coefficient (Wildman–Crippen LogP) is 5.26. The van der Waals surface area contributed by atoms with Gasteiger partial charge in [-0.15, -0.1) is 10.2 Å². The fourth-order valence-electron chi connectivity index (χ4n) is 3.04. The van der Waals surface area contributed by atoms with Crippen LogP contribution in [0.15, 0.2) is 52.2 Å². The van der Waals surface area contributed by atoms with Crippen LogP contribution in [-0.4, -0.2) is 36.5 Å². The molecule has 154 valence electrons. The molecule has 4 rings (SSSR count). The van der Waals surface area contributed by atoms with Gasteiger partial charge in [-0.25, -0.2) is 0 Å². The first-order chi connectivity index (χ1) is 14.6. The number of hydrogen-bond donors (Lipinski definition) is 0. The largest absolute Gasteiger partial charge is 0.493 e. The van der Waals surface area contributed by atoms with E-state index in [2.05, 4.69) is 15.2 Å². The van der Waals surface area contributed by atoms with E-state index in [1.807, 2.05) is 24.3 Å². The smallest absolute Gasteiger partial charge is 0.277 e. The minimum absolute atomic E-state index is 0.357. The van der Waals surface area contributed by atoms with Crippen molar-refractivity contribution in [3.63, 3.8) is 0 Å². The molecule has 7 nitrogen and oxygen atoms in total. The predicted molar refractivity (Wildman–Crippen MR) is 116 cm³/mol. The number of ether oxygens (including phenoxy) is 3. The topological polar surface area (TPSA) is 79.5 Å². The Bertz CT molecular complexity index is 1170. The van der Waals surface area contributed by atoms with Crippen LogP contribution in [-0.2, 0) is 5.75 Å². The highest BCUT2D eigenvalue weighted by molar-refractivity contribution is 7.98. The summed E-state index contributed by atoms with van der Waals surface area (Å²) in [4.78, 5) is 4.46. The second-order valence-electron chi connectivity index (χ2n) is 6.18. The van der Waals surface area contributed by atoms with Crippen molar-refractivity contribution < 1.29 is 18.6 Å². The maximum atomic E-state index is 6.27. The molecular formula is C21H18ClN3O4S. The van der Waals surface area contributed by atoms with Crippen molar-refractivity contribution in [3.8, 4) is 28.7 Å². The van der Waals surface area contributed by atoms with Gasteiger partial charge in [0.15, 0.2) is 11.5 Å². The van der Waals surface area contributed by atoms with Crippen LogP contribution in [0.4, 0.5) is 0 Å². The van der Waals surface area contributed by atoms with E-state index in [1.165, 1.54) is 11.8 Å². The molecule has 4 aromatic rings. The van der Waals surface area contributed by atoms with Gasteiger partial charge in [-0.1, -0.05) is 29.4 Å². The summed E-state index contributed by atoms with van der Waals surface area (Å²) in [5, 5.41) is 10.3. The molecule has 0 atom stereocenters. The van der Waals surface area contributed by atoms with E-state index >= 15 is 0 Å². The number of nitrogens with zero attached hydrogens (tertiary/aromatic N) is 3. The fourth-order valence-corrected chi connectivity index (χ4v) is 4.01. The molecule has 0 aliphatic rings. The number of rotatable bonds is 7. The molecule has 0 amide bonds. The molecule has 0 unspecified atom stereocenters. The number of aromatic nitrogens is 3. The Morgan fingerprint density at radius 1 is 1.00 bits per heavy atom. The highest BCUT2D eigenvalue weighted by Crippen LogP contribution is 2.41. The second kappa shape index (κ2) is 8.81. The summed E-state index contributed by atoms with van der Waals surface area (Å²) in [6, 6.07) is 11.2. The van der Waals surface area contributed by atoms with Crippen molar-refractivity contribution in [3.05, 3.63) is 53.2 Å². The van der Waals surface area contributed by atoms with E-state index in [9.17, 15) is 0 Å². The summed E-state index contributed by atoms with van der Waals surface area (Å²) >= 11 is 7.70. The monoisotopic (exact) mass is 443 g/mol. The molecule has 0 fully saturated rings. The maximum Gasteiger partial charge on any atom is 0.277 e. The number of hydrogen-bond acceptors (Lipinski definition) is 8. The van der Waals surface area contributed by atoms with Crippen LogP contribution in [0.1, 0.15) is 5.56 Å². The Morgan fingerprint density at radius 2 is 1.77 bits per heavy atom. The molecule has 0 saturated carbocycles. The number of benzene rings is 2. The number of pyridine rings is 1. The zero-order chi connectivity index (χ0) is 21.1. The maximum absolute atomic E-state index is 6.27. The summed E-state index contributed by atoms with van der Waals surface area (Å²) in [5.41, 5.74) is 2.57. The quantitative estimate of drug-likeness (QED) is 0.358. The zero-order valence-electron chi connectivity index (χ0n) is 16.5. The Kier molecular flexibility index (Phi) is 5.96. The van der Waals surface area contributed by atoms with E-state index in [0.717, 1.165) is 16.5 Å². The van der Waals surface area contributed by atoms with Crippen molar-refractivity contribution in [2.75, 3.05) is 21.3 Å². The van der Waals surface area contributed by atoms with Crippen LogP contribution in [0, 0.1) is 0 Å². The van der Waals surface area contributed by atoms with Gasteiger partial charge in [0.05, 0.1) is 26.8 Å². The lowest BCUT2D eigenvalue weighted by molar-refractivity contribution is 0.324.